The van der Waals surface area contributed by atoms with Gasteiger partial charge in [0.2, 0.25) is 15.9 Å². The molecule has 1 fully saturated rings. The van der Waals surface area contributed by atoms with Crippen molar-refractivity contribution in [1.82, 2.24) is 4.31 Å². The molecule has 0 aromatic heterocycles. The summed E-state index contributed by atoms with van der Waals surface area (Å²) in [5.41, 5.74) is 1.48. The molecule has 0 bridgehead atoms. The van der Waals surface area contributed by atoms with Crippen molar-refractivity contribution in [3.05, 3.63) is 22.2 Å². The van der Waals surface area contributed by atoms with Gasteiger partial charge in [0.25, 0.3) is 0 Å². The Bertz CT molecular complexity index is 727. The zero-order valence-corrected chi connectivity index (χ0v) is 15.1. The van der Waals surface area contributed by atoms with Gasteiger partial charge in [0.05, 0.1) is 5.69 Å². The Morgan fingerprint density at radius 1 is 1.27 bits per heavy atom. The number of hydrogen-bond acceptors (Lipinski definition) is 3. The molecule has 2 heterocycles. The Hall–Kier alpha value is -0.920. The summed E-state index contributed by atoms with van der Waals surface area (Å²) in [5, 5.41) is 0. The Labute approximate surface area is 139 Å². The Morgan fingerprint density at radius 3 is 2.50 bits per heavy atom. The molecule has 0 spiro atoms. The quantitative estimate of drug-likeness (QED) is 0.784. The maximum Gasteiger partial charge on any atom is 0.245 e. The summed E-state index contributed by atoms with van der Waals surface area (Å²) in [5.74, 6) is -0.119. The number of carbonyl (C=O) groups excluding carboxylic acids is 1. The van der Waals surface area contributed by atoms with Crippen LogP contribution in [0.1, 0.15) is 32.3 Å². The number of benzene rings is 1. The minimum absolute atomic E-state index is 0.0191. The lowest BCUT2D eigenvalue weighted by atomic mass is 10.1. The first kappa shape index (κ1) is 16.0. The molecule has 22 heavy (non-hydrogen) atoms. The largest absolute Gasteiger partial charge is 0.308 e. The second kappa shape index (κ2) is 5.62. The van der Waals surface area contributed by atoms with Gasteiger partial charge in [-0.3, -0.25) is 4.79 Å². The molecule has 1 amide bonds. The van der Waals surface area contributed by atoms with Crippen molar-refractivity contribution in [2.24, 2.45) is 0 Å². The molecule has 2 aliphatic rings. The van der Waals surface area contributed by atoms with Crippen LogP contribution in [-0.4, -0.2) is 37.8 Å². The number of sulfonamides is 1. The van der Waals surface area contributed by atoms with E-state index >= 15 is 0 Å². The molecular formula is C15H19BrN2O3S. The summed E-state index contributed by atoms with van der Waals surface area (Å²) >= 11 is 3.41. The van der Waals surface area contributed by atoms with Crippen LogP contribution in [0.4, 0.5) is 5.69 Å². The van der Waals surface area contributed by atoms with E-state index in [-0.39, 0.29) is 16.8 Å². The molecular weight excluding hydrogens is 368 g/mol. The summed E-state index contributed by atoms with van der Waals surface area (Å²) in [7, 11) is -3.57. The number of carbonyl (C=O) groups is 1. The average molecular weight is 387 g/mol. The predicted octanol–water partition coefficient (Wildman–Crippen LogP) is 2.53. The Morgan fingerprint density at radius 2 is 1.91 bits per heavy atom. The second-order valence-corrected chi connectivity index (χ2v) is 8.79. The van der Waals surface area contributed by atoms with E-state index in [1.807, 2.05) is 13.0 Å². The minimum atomic E-state index is -3.57. The summed E-state index contributed by atoms with van der Waals surface area (Å²) < 4.78 is 28.2. The van der Waals surface area contributed by atoms with Crippen LogP contribution in [-0.2, 0) is 21.2 Å². The summed E-state index contributed by atoms with van der Waals surface area (Å²) in [4.78, 5) is 13.9. The molecule has 120 valence electrons. The maximum absolute atomic E-state index is 13.0. The monoisotopic (exact) mass is 386 g/mol. The van der Waals surface area contributed by atoms with Gasteiger partial charge in [0, 0.05) is 30.5 Å². The van der Waals surface area contributed by atoms with Crippen molar-refractivity contribution >= 4 is 37.5 Å². The smallest absolute Gasteiger partial charge is 0.245 e. The van der Waals surface area contributed by atoms with E-state index in [9.17, 15) is 13.2 Å². The molecule has 7 heteroatoms. The van der Waals surface area contributed by atoms with Gasteiger partial charge in [-0.05, 0) is 43.9 Å². The lowest BCUT2D eigenvalue weighted by Gasteiger charge is -2.25. The van der Waals surface area contributed by atoms with E-state index in [1.54, 1.807) is 11.0 Å². The number of amides is 1. The zero-order chi connectivity index (χ0) is 16.1. The molecule has 2 aliphatic heterocycles. The first-order valence-electron chi connectivity index (χ1n) is 7.44. The van der Waals surface area contributed by atoms with Crippen molar-refractivity contribution in [3.8, 4) is 0 Å². The van der Waals surface area contributed by atoms with Crippen LogP contribution in [0.25, 0.3) is 0 Å². The standard InChI is InChI=1S/C15H19BrN2O3S/c1-10-7-12-8-13(16)9-14(15(12)18(10)11(2)19)22(20,21)17-5-3-4-6-17/h8-10H,3-7H2,1-2H3. The zero-order valence-electron chi connectivity index (χ0n) is 12.7. The molecule has 1 atom stereocenters. The molecule has 5 nitrogen and oxygen atoms in total. The van der Waals surface area contributed by atoms with E-state index in [0.717, 1.165) is 22.9 Å². The number of nitrogens with zero attached hydrogens (tertiary/aromatic N) is 2. The molecule has 1 aromatic rings. The van der Waals surface area contributed by atoms with Gasteiger partial charge in [-0.15, -0.1) is 0 Å². The topological polar surface area (TPSA) is 57.7 Å². The fourth-order valence-electron chi connectivity index (χ4n) is 3.42. The number of hydrogen-bond donors (Lipinski definition) is 0. The van der Waals surface area contributed by atoms with Gasteiger partial charge >= 0.3 is 0 Å². The molecule has 1 aromatic carbocycles. The van der Waals surface area contributed by atoms with Crippen LogP contribution in [0.2, 0.25) is 0 Å². The highest BCUT2D eigenvalue weighted by Crippen LogP contribution is 2.41. The highest BCUT2D eigenvalue weighted by molar-refractivity contribution is 9.10. The van der Waals surface area contributed by atoms with Crippen LogP contribution >= 0.6 is 15.9 Å². The van der Waals surface area contributed by atoms with Crippen LogP contribution in [0, 0.1) is 0 Å². The third-order valence-electron chi connectivity index (χ3n) is 4.34. The molecule has 0 N–H and O–H groups in total. The number of halogens is 1. The predicted molar refractivity (Wildman–Crippen MR) is 88.5 cm³/mol. The molecule has 1 unspecified atom stereocenters. The maximum atomic E-state index is 13.0. The molecule has 0 aliphatic carbocycles. The van der Waals surface area contributed by atoms with Gasteiger partial charge in [-0.2, -0.15) is 4.31 Å². The van der Waals surface area contributed by atoms with Crippen molar-refractivity contribution in [2.75, 3.05) is 18.0 Å². The van der Waals surface area contributed by atoms with Crippen LogP contribution in [0.15, 0.2) is 21.5 Å². The summed E-state index contributed by atoms with van der Waals surface area (Å²) in [6.07, 6.45) is 2.46. The third-order valence-corrected chi connectivity index (χ3v) is 6.71. The fraction of sp³-hybridized carbons (Fsp3) is 0.533. The van der Waals surface area contributed by atoms with E-state index in [4.69, 9.17) is 0 Å². The molecule has 0 saturated carbocycles. The van der Waals surface area contributed by atoms with Crippen LogP contribution < -0.4 is 4.90 Å². The van der Waals surface area contributed by atoms with Crippen molar-refractivity contribution < 1.29 is 13.2 Å². The Balaban J connectivity index is 2.19. The van der Waals surface area contributed by atoms with E-state index in [2.05, 4.69) is 15.9 Å². The highest BCUT2D eigenvalue weighted by atomic mass is 79.9. The number of rotatable bonds is 2. The second-order valence-electron chi connectivity index (χ2n) is 5.97. The third kappa shape index (κ3) is 2.49. The van der Waals surface area contributed by atoms with Crippen molar-refractivity contribution in [3.63, 3.8) is 0 Å². The van der Waals surface area contributed by atoms with Crippen molar-refractivity contribution in [2.45, 2.75) is 44.0 Å². The SMILES string of the molecule is CC(=O)N1c2c(cc(Br)cc2S(=O)(=O)N2CCCC2)CC1C. The molecule has 0 radical (unpaired) electrons. The Kier molecular flexibility index (Phi) is 4.07. The summed E-state index contributed by atoms with van der Waals surface area (Å²) in [6.45, 7) is 4.54. The number of anilines is 1. The molecule has 3 rings (SSSR count). The lowest BCUT2D eigenvalue weighted by molar-refractivity contribution is -0.116. The van der Waals surface area contributed by atoms with E-state index < -0.39 is 10.0 Å². The minimum Gasteiger partial charge on any atom is -0.308 e. The van der Waals surface area contributed by atoms with Crippen LogP contribution in [0.5, 0.6) is 0 Å². The van der Waals surface area contributed by atoms with Crippen LogP contribution in [0.3, 0.4) is 0 Å². The first-order chi connectivity index (χ1) is 10.3. The van der Waals surface area contributed by atoms with Gasteiger partial charge in [0.1, 0.15) is 4.90 Å². The van der Waals surface area contributed by atoms with Crippen molar-refractivity contribution in [1.29, 1.82) is 0 Å². The fourth-order valence-corrected chi connectivity index (χ4v) is 5.84. The van der Waals surface area contributed by atoms with Gasteiger partial charge in [-0.25, -0.2) is 8.42 Å². The van der Waals surface area contributed by atoms with E-state index in [1.165, 1.54) is 11.2 Å². The van der Waals surface area contributed by atoms with Gasteiger partial charge in [-0.1, -0.05) is 15.9 Å². The lowest BCUT2D eigenvalue weighted by Crippen LogP contribution is -2.36. The highest BCUT2D eigenvalue weighted by Gasteiger charge is 2.38. The molecule has 1 saturated heterocycles. The first-order valence-corrected chi connectivity index (χ1v) is 9.68. The van der Waals surface area contributed by atoms with Gasteiger partial charge < -0.3 is 4.90 Å². The summed E-state index contributed by atoms with van der Waals surface area (Å²) in [6, 6.07) is 3.52. The average Bonchev–Trinajstić information content (AvgIpc) is 3.03. The number of fused-ring (bicyclic) bond motifs is 1. The normalized spacial score (nSPS) is 22.1. The van der Waals surface area contributed by atoms with Gasteiger partial charge in [0.15, 0.2) is 0 Å². The van der Waals surface area contributed by atoms with E-state index in [0.29, 0.717) is 25.2 Å².